The highest BCUT2D eigenvalue weighted by molar-refractivity contribution is 5.96. The van der Waals surface area contributed by atoms with Gasteiger partial charge in [0.15, 0.2) is 0 Å². The Hall–Kier alpha value is -1.88. The lowest BCUT2D eigenvalue weighted by Crippen LogP contribution is -2.28. The van der Waals surface area contributed by atoms with Gasteiger partial charge < -0.3 is 16.4 Å². The smallest absolute Gasteiger partial charge is 0.227 e. The minimum atomic E-state index is 0.00104. The summed E-state index contributed by atoms with van der Waals surface area (Å²) in [5.41, 5.74) is 8.52. The van der Waals surface area contributed by atoms with Crippen molar-refractivity contribution in [3.8, 4) is 0 Å². The van der Waals surface area contributed by atoms with E-state index >= 15 is 0 Å². The van der Waals surface area contributed by atoms with Crippen molar-refractivity contribution in [2.45, 2.75) is 51.5 Å². The highest BCUT2D eigenvalue weighted by atomic mass is 16.2. The molecule has 5 heteroatoms. The minimum absolute atomic E-state index is 0.00104. The lowest BCUT2D eigenvalue weighted by molar-refractivity contribution is -0.118. The Balaban J connectivity index is 1.61. The van der Waals surface area contributed by atoms with Crippen LogP contribution in [-0.4, -0.2) is 17.9 Å². The third-order valence-corrected chi connectivity index (χ3v) is 4.89. The molecule has 2 amide bonds. The largest absolute Gasteiger partial charge is 0.327 e. The van der Waals surface area contributed by atoms with Gasteiger partial charge in [-0.25, -0.2) is 0 Å². The van der Waals surface area contributed by atoms with Crippen LogP contribution in [0.2, 0.25) is 0 Å². The fraction of sp³-hybridized carbons (Fsp3) is 0.556. The van der Waals surface area contributed by atoms with Crippen molar-refractivity contribution in [2.24, 2.45) is 17.6 Å². The molecule has 0 radical (unpaired) electrons. The van der Waals surface area contributed by atoms with Crippen LogP contribution >= 0.6 is 0 Å². The van der Waals surface area contributed by atoms with Crippen molar-refractivity contribution < 1.29 is 9.59 Å². The number of hydrogen-bond acceptors (Lipinski definition) is 3. The molecule has 3 rings (SSSR count). The van der Waals surface area contributed by atoms with E-state index in [2.05, 4.69) is 10.6 Å². The van der Waals surface area contributed by atoms with E-state index in [0.717, 1.165) is 49.0 Å². The number of aryl methyl sites for hydroxylation is 1. The normalized spacial score (nSPS) is 23.6. The number of hydrogen-bond donors (Lipinski definition) is 3. The zero-order chi connectivity index (χ0) is 16.4. The Morgan fingerprint density at radius 3 is 2.61 bits per heavy atom. The zero-order valence-corrected chi connectivity index (χ0v) is 13.6. The quantitative estimate of drug-likeness (QED) is 0.781. The van der Waals surface area contributed by atoms with Crippen molar-refractivity contribution in [1.82, 2.24) is 0 Å². The van der Waals surface area contributed by atoms with E-state index in [1.54, 1.807) is 0 Å². The third-order valence-electron chi connectivity index (χ3n) is 4.89. The number of rotatable bonds is 5. The molecule has 1 aromatic rings. The molecule has 2 saturated carbocycles. The molecular formula is C18H25N3O2. The molecule has 2 atom stereocenters. The summed E-state index contributed by atoms with van der Waals surface area (Å²) in [4.78, 5) is 24.1. The minimum Gasteiger partial charge on any atom is -0.327 e. The van der Waals surface area contributed by atoms with Gasteiger partial charge in [0.05, 0.1) is 0 Å². The second-order valence-electron chi connectivity index (χ2n) is 6.90. The summed E-state index contributed by atoms with van der Waals surface area (Å²) in [6.45, 7) is 1.95. The van der Waals surface area contributed by atoms with Crippen LogP contribution in [0.4, 0.5) is 11.4 Å². The molecule has 4 N–H and O–H groups in total. The van der Waals surface area contributed by atoms with Gasteiger partial charge in [-0.05, 0) is 56.2 Å². The summed E-state index contributed by atoms with van der Waals surface area (Å²) < 4.78 is 0. The van der Waals surface area contributed by atoms with Crippen molar-refractivity contribution >= 4 is 23.2 Å². The molecule has 2 aliphatic rings. The number of carbonyl (C=O) groups excluding carboxylic acids is 2. The van der Waals surface area contributed by atoms with Gasteiger partial charge in [-0.15, -0.1) is 0 Å². The molecule has 1 aromatic carbocycles. The maximum absolute atomic E-state index is 12.3. The van der Waals surface area contributed by atoms with Crippen molar-refractivity contribution in [2.75, 3.05) is 10.6 Å². The van der Waals surface area contributed by atoms with Gasteiger partial charge in [0, 0.05) is 29.8 Å². The molecule has 124 valence electrons. The van der Waals surface area contributed by atoms with Crippen LogP contribution in [-0.2, 0) is 9.59 Å². The Bertz CT molecular complexity index is 610. The summed E-state index contributed by atoms with van der Waals surface area (Å²) in [5.74, 6) is 0.524. The number of nitrogens with two attached hydrogens (primary N) is 1. The Kier molecular flexibility index (Phi) is 4.66. The number of amides is 2. The average Bonchev–Trinajstić information content (AvgIpc) is 3.28. The topological polar surface area (TPSA) is 84.2 Å². The van der Waals surface area contributed by atoms with Gasteiger partial charge in [-0.2, -0.15) is 0 Å². The predicted octanol–water partition coefficient (Wildman–Crippen LogP) is 2.80. The van der Waals surface area contributed by atoms with Crippen molar-refractivity contribution in [1.29, 1.82) is 0 Å². The van der Waals surface area contributed by atoms with E-state index in [0.29, 0.717) is 6.42 Å². The molecule has 0 aliphatic heterocycles. The lowest BCUT2D eigenvalue weighted by Gasteiger charge is -2.16. The van der Waals surface area contributed by atoms with Gasteiger partial charge in [0.25, 0.3) is 0 Å². The summed E-state index contributed by atoms with van der Waals surface area (Å²) in [5, 5.41) is 5.89. The van der Waals surface area contributed by atoms with Crippen LogP contribution < -0.4 is 16.4 Å². The summed E-state index contributed by atoms with van der Waals surface area (Å²) >= 11 is 0. The number of nitrogens with one attached hydrogen (secondary N) is 2. The predicted molar refractivity (Wildman–Crippen MR) is 91.1 cm³/mol. The number of benzene rings is 1. The fourth-order valence-corrected chi connectivity index (χ4v) is 3.18. The first-order chi connectivity index (χ1) is 11.0. The first-order valence-corrected chi connectivity index (χ1v) is 8.50. The molecule has 0 spiro atoms. The molecule has 23 heavy (non-hydrogen) atoms. The SMILES string of the molecule is Cc1ccc(NC(=O)C2CC2)cc1NC(=O)C[C@@H]1CCC[C@H]1N. The Morgan fingerprint density at radius 1 is 1.17 bits per heavy atom. The van der Waals surface area contributed by atoms with Crippen LogP contribution in [0.5, 0.6) is 0 Å². The van der Waals surface area contributed by atoms with E-state index in [1.165, 1.54) is 0 Å². The maximum Gasteiger partial charge on any atom is 0.227 e. The molecular weight excluding hydrogens is 290 g/mol. The van der Waals surface area contributed by atoms with Gasteiger partial charge in [0.1, 0.15) is 0 Å². The molecule has 0 saturated heterocycles. The average molecular weight is 315 g/mol. The molecule has 0 unspecified atom stereocenters. The van der Waals surface area contributed by atoms with E-state index in [9.17, 15) is 9.59 Å². The highest BCUT2D eigenvalue weighted by Crippen LogP contribution is 2.31. The fourth-order valence-electron chi connectivity index (χ4n) is 3.18. The van der Waals surface area contributed by atoms with Crippen molar-refractivity contribution in [3.05, 3.63) is 23.8 Å². The Morgan fingerprint density at radius 2 is 1.96 bits per heavy atom. The lowest BCUT2D eigenvalue weighted by atomic mass is 10.00. The van der Waals surface area contributed by atoms with E-state index in [4.69, 9.17) is 5.73 Å². The van der Waals surface area contributed by atoms with Crippen LogP contribution in [0.3, 0.4) is 0 Å². The third kappa shape index (κ3) is 4.10. The van der Waals surface area contributed by atoms with Crippen LogP contribution in [0.25, 0.3) is 0 Å². The first kappa shape index (κ1) is 16.0. The van der Waals surface area contributed by atoms with E-state index in [1.807, 2.05) is 25.1 Å². The monoisotopic (exact) mass is 315 g/mol. The standard InChI is InChI=1S/C18H25N3O2/c1-11-5-8-14(20-18(23)12-6-7-12)10-16(11)21-17(22)9-13-3-2-4-15(13)19/h5,8,10,12-13,15H,2-4,6-7,9,19H2,1H3,(H,20,23)(H,21,22)/t13-,15+/m0/s1. The first-order valence-electron chi connectivity index (χ1n) is 8.50. The van der Waals surface area contributed by atoms with Crippen molar-refractivity contribution in [3.63, 3.8) is 0 Å². The maximum atomic E-state index is 12.3. The summed E-state index contributed by atoms with van der Waals surface area (Å²) in [6.07, 6.45) is 5.58. The molecule has 2 fully saturated rings. The van der Waals surface area contributed by atoms with Gasteiger partial charge in [-0.1, -0.05) is 12.5 Å². The van der Waals surface area contributed by atoms with Gasteiger partial charge >= 0.3 is 0 Å². The molecule has 2 aliphatic carbocycles. The Labute approximate surface area is 137 Å². The molecule has 0 bridgehead atoms. The highest BCUT2D eigenvalue weighted by Gasteiger charge is 2.29. The zero-order valence-electron chi connectivity index (χ0n) is 13.6. The summed E-state index contributed by atoms with van der Waals surface area (Å²) in [6, 6.07) is 5.77. The molecule has 5 nitrogen and oxygen atoms in total. The van der Waals surface area contributed by atoms with Crippen LogP contribution in [0, 0.1) is 18.8 Å². The number of carbonyl (C=O) groups is 2. The number of anilines is 2. The second-order valence-corrected chi connectivity index (χ2v) is 6.90. The summed E-state index contributed by atoms with van der Waals surface area (Å²) in [7, 11) is 0. The van der Waals surface area contributed by atoms with Gasteiger partial charge in [0.2, 0.25) is 11.8 Å². The van der Waals surface area contributed by atoms with Gasteiger partial charge in [-0.3, -0.25) is 9.59 Å². The second kappa shape index (κ2) is 6.71. The molecule has 0 aromatic heterocycles. The molecule has 0 heterocycles. The van der Waals surface area contributed by atoms with Crippen LogP contribution in [0.1, 0.15) is 44.1 Å². The van der Waals surface area contributed by atoms with Crippen LogP contribution in [0.15, 0.2) is 18.2 Å². The van der Waals surface area contributed by atoms with E-state index in [-0.39, 0.29) is 29.7 Å². The van der Waals surface area contributed by atoms with E-state index < -0.39 is 0 Å².